The predicted octanol–water partition coefficient (Wildman–Crippen LogP) is 3.20. The Balaban J connectivity index is 2.07. The number of anilines is 1. The summed E-state index contributed by atoms with van der Waals surface area (Å²) in [6.07, 6.45) is 1.66. The Kier molecular flexibility index (Phi) is 3.49. The number of benzene rings is 1. The molecule has 0 atom stereocenters. The molecule has 17 heavy (non-hydrogen) atoms. The molecule has 0 unspecified atom stereocenters. The minimum absolute atomic E-state index is 0.426. The maximum absolute atomic E-state index is 6.06. The number of pyridine rings is 1. The fourth-order valence-corrected chi connectivity index (χ4v) is 1.76. The Labute approximate surface area is 105 Å². The molecule has 0 aliphatic carbocycles. The van der Waals surface area contributed by atoms with E-state index >= 15 is 0 Å². The second-order valence-corrected chi connectivity index (χ2v) is 4.22. The number of halogens is 1. The van der Waals surface area contributed by atoms with E-state index in [9.17, 15) is 0 Å². The molecule has 0 saturated carbocycles. The van der Waals surface area contributed by atoms with Crippen LogP contribution >= 0.6 is 11.6 Å². The van der Waals surface area contributed by atoms with Crippen molar-refractivity contribution in [1.82, 2.24) is 4.98 Å². The zero-order chi connectivity index (χ0) is 12.3. The number of nitrogens with two attached hydrogens (primary N) is 1. The van der Waals surface area contributed by atoms with Crippen molar-refractivity contribution in [3.8, 4) is 5.75 Å². The Bertz CT molecular complexity index is 529. The fraction of sp³-hybridized carbons (Fsp3) is 0.154. The highest BCUT2D eigenvalue weighted by atomic mass is 35.5. The van der Waals surface area contributed by atoms with Gasteiger partial charge >= 0.3 is 0 Å². The molecule has 0 aliphatic heterocycles. The molecule has 88 valence electrons. The van der Waals surface area contributed by atoms with E-state index in [0.717, 1.165) is 11.1 Å². The molecule has 2 N–H and O–H groups in total. The molecule has 0 bridgehead atoms. The van der Waals surface area contributed by atoms with Crippen LogP contribution in [0.3, 0.4) is 0 Å². The predicted molar refractivity (Wildman–Crippen MR) is 69.2 cm³/mol. The SMILES string of the molecule is Cc1ccc(OCc2ccnc(N)c2)c(Cl)c1. The molecule has 0 saturated heterocycles. The van der Waals surface area contributed by atoms with Crippen molar-refractivity contribution in [3.05, 3.63) is 52.7 Å². The highest BCUT2D eigenvalue weighted by molar-refractivity contribution is 6.32. The minimum Gasteiger partial charge on any atom is -0.487 e. The van der Waals surface area contributed by atoms with Crippen molar-refractivity contribution in [2.45, 2.75) is 13.5 Å². The molecule has 0 spiro atoms. The summed E-state index contributed by atoms with van der Waals surface area (Å²) < 4.78 is 5.62. The molecule has 0 amide bonds. The van der Waals surface area contributed by atoms with E-state index in [4.69, 9.17) is 22.1 Å². The fourth-order valence-electron chi connectivity index (χ4n) is 1.47. The molecule has 2 rings (SSSR count). The van der Waals surface area contributed by atoms with E-state index in [1.54, 1.807) is 12.3 Å². The molecular formula is C13H13ClN2O. The van der Waals surface area contributed by atoms with Gasteiger partial charge in [0.05, 0.1) is 5.02 Å². The van der Waals surface area contributed by atoms with Gasteiger partial charge in [0.15, 0.2) is 0 Å². The van der Waals surface area contributed by atoms with Gasteiger partial charge in [0.1, 0.15) is 18.2 Å². The zero-order valence-corrected chi connectivity index (χ0v) is 10.2. The first-order valence-corrected chi connectivity index (χ1v) is 5.62. The first kappa shape index (κ1) is 11.7. The van der Waals surface area contributed by atoms with Gasteiger partial charge in [-0.05, 0) is 42.3 Å². The lowest BCUT2D eigenvalue weighted by atomic mass is 10.2. The van der Waals surface area contributed by atoms with Crippen LogP contribution in [-0.2, 0) is 6.61 Å². The van der Waals surface area contributed by atoms with E-state index in [0.29, 0.717) is 23.2 Å². The molecule has 3 nitrogen and oxygen atoms in total. The largest absolute Gasteiger partial charge is 0.487 e. The van der Waals surface area contributed by atoms with E-state index in [1.807, 2.05) is 31.2 Å². The standard InChI is InChI=1S/C13H13ClN2O/c1-9-2-3-12(11(14)6-9)17-8-10-4-5-16-13(15)7-10/h2-7H,8H2,1H3,(H2,15,16). The molecule has 0 aliphatic rings. The normalized spacial score (nSPS) is 10.2. The summed E-state index contributed by atoms with van der Waals surface area (Å²) >= 11 is 6.06. The second kappa shape index (κ2) is 5.06. The number of ether oxygens (including phenoxy) is 1. The zero-order valence-electron chi connectivity index (χ0n) is 9.48. The molecule has 2 aromatic rings. The van der Waals surface area contributed by atoms with Gasteiger partial charge in [-0.15, -0.1) is 0 Å². The number of hydrogen-bond acceptors (Lipinski definition) is 3. The van der Waals surface area contributed by atoms with Gasteiger partial charge in [0.25, 0.3) is 0 Å². The Morgan fingerprint density at radius 3 is 2.82 bits per heavy atom. The van der Waals surface area contributed by atoms with Crippen molar-refractivity contribution in [2.24, 2.45) is 0 Å². The summed E-state index contributed by atoms with van der Waals surface area (Å²) in [5, 5.41) is 0.618. The van der Waals surface area contributed by atoms with Crippen LogP contribution in [0.1, 0.15) is 11.1 Å². The van der Waals surface area contributed by atoms with Gasteiger partial charge in [0, 0.05) is 6.20 Å². The molecule has 1 aromatic carbocycles. The van der Waals surface area contributed by atoms with Crippen molar-refractivity contribution in [1.29, 1.82) is 0 Å². The monoisotopic (exact) mass is 248 g/mol. The van der Waals surface area contributed by atoms with Crippen molar-refractivity contribution in [2.75, 3.05) is 5.73 Å². The third kappa shape index (κ3) is 3.11. The van der Waals surface area contributed by atoms with E-state index < -0.39 is 0 Å². The Morgan fingerprint density at radius 2 is 2.12 bits per heavy atom. The van der Waals surface area contributed by atoms with Crippen LogP contribution in [0.25, 0.3) is 0 Å². The molecular weight excluding hydrogens is 236 g/mol. The number of hydrogen-bond donors (Lipinski definition) is 1. The quantitative estimate of drug-likeness (QED) is 0.907. The van der Waals surface area contributed by atoms with E-state index in [2.05, 4.69) is 4.98 Å². The van der Waals surface area contributed by atoms with Crippen LogP contribution < -0.4 is 10.5 Å². The van der Waals surface area contributed by atoms with E-state index in [1.165, 1.54) is 0 Å². The average Bonchev–Trinajstić information content (AvgIpc) is 2.28. The highest BCUT2D eigenvalue weighted by Crippen LogP contribution is 2.25. The van der Waals surface area contributed by atoms with Crippen LogP contribution in [0.2, 0.25) is 5.02 Å². The average molecular weight is 249 g/mol. The van der Waals surface area contributed by atoms with Gasteiger partial charge < -0.3 is 10.5 Å². The smallest absolute Gasteiger partial charge is 0.138 e. The number of aryl methyl sites for hydroxylation is 1. The van der Waals surface area contributed by atoms with Crippen molar-refractivity contribution < 1.29 is 4.74 Å². The van der Waals surface area contributed by atoms with Crippen molar-refractivity contribution >= 4 is 17.4 Å². The summed E-state index contributed by atoms with van der Waals surface area (Å²) in [6, 6.07) is 9.34. The lowest BCUT2D eigenvalue weighted by Gasteiger charge is -2.08. The molecule has 4 heteroatoms. The third-order valence-corrected chi connectivity index (χ3v) is 2.62. The minimum atomic E-state index is 0.426. The first-order valence-electron chi connectivity index (χ1n) is 5.24. The van der Waals surface area contributed by atoms with Crippen LogP contribution in [0.4, 0.5) is 5.82 Å². The highest BCUT2D eigenvalue weighted by Gasteiger charge is 2.02. The van der Waals surface area contributed by atoms with Gasteiger partial charge in [0.2, 0.25) is 0 Å². The van der Waals surface area contributed by atoms with Gasteiger partial charge in [-0.1, -0.05) is 17.7 Å². The number of rotatable bonds is 3. The van der Waals surface area contributed by atoms with Crippen molar-refractivity contribution in [3.63, 3.8) is 0 Å². The van der Waals surface area contributed by atoms with E-state index in [-0.39, 0.29) is 0 Å². The number of nitrogen functional groups attached to an aromatic ring is 1. The van der Waals surface area contributed by atoms with Crippen LogP contribution in [-0.4, -0.2) is 4.98 Å². The molecule has 1 aromatic heterocycles. The summed E-state index contributed by atoms with van der Waals surface area (Å²) in [6.45, 7) is 2.41. The van der Waals surface area contributed by atoms with Gasteiger partial charge in [-0.2, -0.15) is 0 Å². The van der Waals surface area contributed by atoms with Crippen LogP contribution in [0.5, 0.6) is 5.75 Å². The summed E-state index contributed by atoms with van der Waals surface area (Å²) in [7, 11) is 0. The summed E-state index contributed by atoms with van der Waals surface area (Å²) in [5.74, 6) is 1.16. The summed E-state index contributed by atoms with van der Waals surface area (Å²) in [5.41, 5.74) is 7.66. The Hall–Kier alpha value is -1.74. The Morgan fingerprint density at radius 1 is 1.29 bits per heavy atom. The number of nitrogens with zero attached hydrogens (tertiary/aromatic N) is 1. The molecule has 1 heterocycles. The maximum Gasteiger partial charge on any atom is 0.138 e. The molecule has 0 fully saturated rings. The third-order valence-electron chi connectivity index (χ3n) is 2.33. The first-order chi connectivity index (χ1) is 8.15. The lowest BCUT2D eigenvalue weighted by molar-refractivity contribution is 0.306. The lowest BCUT2D eigenvalue weighted by Crippen LogP contribution is -1.98. The van der Waals surface area contributed by atoms with Crippen LogP contribution in [0.15, 0.2) is 36.5 Å². The van der Waals surface area contributed by atoms with Crippen LogP contribution in [0, 0.1) is 6.92 Å². The second-order valence-electron chi connectivity index (χ2n) is 3.81. The molecule has 0 radical (unpaired) electrons. The van der Waals surface area contributed by atoms with Gasteiger partial charge in [-0.3, -0.25) is 0 Å². The summed E-state index contributed by atoms with van der Waals surface area (Å²) in [4.78, 5) is 3.92. The topological polar surface area (TPSA) is 48.1 Å². The maximum atomic E-state index is 6.06. The van der Waals surface area contributed by atoms with Gasteiger partial charge in [-0.25, -0.2) is 4.98 Å². The number of aromatic nitrogens is 1.